The summed E-state index contributed by atoms with van der Waals surface area (Å²) in [7, 11) is 0. The Kier molecular flexibility index (Phi) is 4.56. The first-order valence-corrected chi connectivity index (χ1v) is 8.04. The number of nitrogens with zero attached hydrogens (tertiary/aromatic N) is 1. The van der Waals surface area contributed by atoms with Gasteiger partial charge in [-0.25, -0.2) is 0 Å². The molecule has 124 valence electrons. The van der Waals surface area contributed by atoms with Crippen LogP contribution >= 0.6 is 0 Å². The van der Waals surface area contributed by atoms with Crippen LogP contribution < -0.4 is 0 Å². The van der Waals surface area contributed by atoms with Gasteiger partial charge in [0.05, 0.1) is 11.3 Å². The fourth-order valence-electron chi connectivity index (χ4n) is 2.87. The highest BCUT2D eigenvalue weighted by atomic mass is 19.4. The van der Waals surface area contributed by atoms with Crippen molar-refractivity contribution in [2.75, 3.05) is 0 Å². The second kappa shape index (κ2) is 6.63. The Hall–Kier alpha value is -2.36. The number of aryl methyl sites for hydroxylation is 1. The summed E-state index contributed by atoms with van der Waals surface area (Å²) in [6.45, 7) is 2.03. The zero-order valence-electron chi connectivity index (χ0n) is 13.4. The van der Waals surface area contributed by atoms with E-state index >= 15 is 0 Å². The van der Waals surface area contributed by atoms with Gasteiger partial charge in [-0.2, -0.15) is 13.2 Å². The predicted octanol–water partition coefficient (Wildman–Crippen LogP) is 6.26. The smallest absolute Gasteiger partial charge is 0.256 e. The molecule has 3 aromatic rings. The molecule has 0 saturated heterocycles. The molecule has 0 N–H and O–H groups in total. The van der Waals surface area contributed by atoms with Crippen molar-refractivity contribution in [1.29, 1.82) is 0 Å². The monoisotopic (exact) mass is 329 g/mol. The highest BCUT2D eigenvalue weighted by Crippen LogP contribution is 2.35. The van der Waals surface area contributed by atoms with E-state index in [-0.39, 0.29) is 0 Å². The van der Waals surface area contributed by atoms with E-state index in [1.54, 1.807) is 6.20 Å². The molecule has 0 fully saturated rings. The van der Waals surface area contributed by atoms with Crippen molar-refractivity contribution in [3.63, 3.8) is 0 Å². The normalized spacial score (nSPS) is 11.8. The summed E-state index contributed by atoms with van der Waals surface area (Å²) in [4.78, 5) is 4.35. The lowest BCUT2D eigenvalue weighted by Crippen LogP contribution is -2.06. The number of alkyl halides is 3. The van der Waals surface area contributed by atoms with E-state index < -0.39 is 11.7 Å². The van der Waals surface area contributed by atoms with Crippen LogP contribution in [0.4, 0.5) is 13.2 Å². The summed E-state index contributed by atoms with van der Waals surface area (Å²) in [5.74, 6) is 0. The van der Waals surface area contributed by atoms with Crippen LogP contribution in [0.1, 0.15) is 30.9 Å². The van der Waals surface area contributed by atoms with Gasteiger partial charge in [-0.3, -0.25) is 4.98 Å². The Morgan fingerprint density at radius 1 is 1.00 bits per heavy atom. The van der Waals surface area contributed by atoms with Gasteiger partial charge in [0, 0.05) is 17.1 Å². The van der Waals surface area contributed by atoms with Gasteiger partial charge in [0.25, 0.3) is 0 Å². The van der Waals surface area contributed by atoms with Crippen LogP contribution in [0.5, 0.6) is 0 Å². The van der Waals surface area contributed by atoms with E-state index in [9.17, 15) is 13.2 Å². The lowest BCUT2D eigenvalue weighted by atomic mass is 9.97. The molecule has 0 amide bonds. The highest BCUT2D eigenvalue weighted by Gasteiger charge is 2.31. The number of halogens is 3. The quantitative estimate of drug-likeness (QED) is 0.550. The zero-order valence-corrected chi connectivity index (χ0v) is 13.4. The fraction of sp³-hybridized carbons (Fsp3) is 0.250. The number of aromatic nitrogens is 1. The average molecular weight is 329 g/mol. The Morgan fingerprint density at radius 3 is 2.54 bits per heavy atom. The number of hydrogen-bond acceptors (Lipinski definition) is 1. The van der Waals surface area contributed by atoms with Gasteiger partial charge in [0.1, 0.15) is 0 Å². The molecule has 0 radical (unpaired) electrons. The zero-order chi connectivity index (χ0) is 17.2. The topological polar surface area (TPSA) is 12.9 Å². The van der Waals surface area contributed by atoms with Crippen LogP contribution in [0.25, 0.3) is 22.0 Å². The summed E-state index contributed by atoms with van der Waals surface area (Å²) in [6.07, 6.45) is -0.273. The van der Waals surface area contributed by atoms with Crippen LogP contribution in [-0.2, 0) is 12.6 Å². The third-order valence-electron chi connectivity index (χ3n) is 4.09. The van der Waals surface area contributed by atoms with E-state index in [1.807, 2.05) is 43.3 Å². The van der Waals surface area contributed by atoms with Crippen molar-refractivity contribution in [2.45, 2.75) is 32.4 Å². The van der Waals surface area contributed by atoms with Gasteiger partial charge in [-0.1, -0.05) is 37.6 Å². The fourth-order valence-corrected chi connectivity index (χ4v) is 2.87. The van der Waals surface area contributed by atoms with Crippen molar-refractivity contribution in [3.05, 3.63) is 65.9 Å². The van der Waals surface area contributed by atoms with Gasteiger partial charge < -0.3 is 0 Å². The number of hydrogen-bond donors (Lipinski definition) is 0. The second-order valence-corrected chi connectivity index (χ2v) is 5.90. The largest absolute Gasteiger partial charge is 0.416 e. The molecule has 1 aromatic heterocycles. The molecule has 0 aliphatic heterocycles. The molecule has 0 atom stereocenters. The lowest BCUT2D eigenvalue weighted by Gasteiger charge is -2.13. The standard InChI is InChI=1S/C20H18F3N/c1-2-3-6-14-11-16(13-17(12-14)20(21,22)23)19-18-8-5-4-7-15(18)9-10-24-19/h4-5,7-13H,2-3,6H2,1H3. The van der Waals surface area contributed by atoms with Crippen LogP contribution in [0, 0.1) is 0 Å². The molecule has 0 aliphatic rings. The number of benzene rings is 2. The lowest BCUT2D eigenvalue weighted by molar-refractivity contribution is -0.137. The Balaban J connectivity index is 2.18. The van der Waals surface area contributed by atoms with Crippen LogP contribution in [0.2, 0.25) is 0 Å². The van der Waals surface area contributed by atoms with Gasteiger partial charge >= 0.3 is 6.18 Å². The van der Waals surface area contributed by atoms with Gasteiger partial charge in [0.2, 0.25) is 0 Å². The maximum Gasteiger partial charge on any atom is 0.416 e. The highest BCUT2D eigenvalue weighted by molar-refractivity contribution is 5.94. The number of fused-ring (bicyclic) bond motifs is 1. The first-order valence-electron chi connectivity index (χ1n) is 8.04. The molecule has 0 aliphatic carbocycles. The van der Waals surface area contributed by atoms with E-state index in [1.165, 1.54) is 12.1 Å². The molecule has 0 bridgehead atoms. The molecule has 0 spiro atoms. The van der Waals surface area contributed by atoms with Crippen molar-refractivity contribution in [2.24, 2.45) is 0 Å². The third-order valence-corrected chi connectivity index (χ3v) is 4.09. The van der Waals surface area contributed by atoms with E-state index in [4.69, 9.17) is 0 Å². The molecule has 4 heteroatoms. The molecule has 24 heavy (non-hydrogen) atoms. The van der Waals surface area contributed by atoms with Crippen molar-refractivity contribution in [1.82, 2.24) is 4.98 Å². The van der Waals surface area contributed by atoms with Crippen LogP contribution in [0.3, 0.4) is 0 Å². The molecule has 2 aromatic carbocycles. The van der Waals surface area contributed by atoms with E-state index in [0.29, 0.717) is 23.2 Å². The van der Waals surface area contributed by atoms with E-state index in [0.717, 1.165) is 23.6 Å². The Labute approximate surface area is 139 Å². The van der Waals surface area contributed by atoms with E-state index in [2.05, 4.69) is 4.98 Å². The molecule has 1 nitrogen and oxygen atoms in total. The van der Waals surface area contributed by atoms with Crippen LogP contribution in [0.15, 0.2) is 54.7 Å². The first-order chi connectivity index (χ1) is 11.5. The molecule has 0 unspecified atom stereocenters. The average Bonchev–Trinajstić information content (AvgIpc) is 2.58. The number of unbranched alkanes of at least 4 members (excludes halogenated alkanes) is 1. The summed E-state index contributed by atoms with van der Waals surface area (Å²) in [6, 6.07) is 13.8. The minimum Gasteiger partial charge on any atom is -0.256 e. The maximum absolute atomic E-state index is 13.3. The van der Waals surface area contributed by atoms with Gasteiger partial charge in [-0.15, -0.1) is 0 Å². The second-order valence-electron chi connectivity index (χ2n) is 5.90. The SMILES string of the molecule is CCCCc1cc(-c2nccc3ccccc23)cc(C(F)(F)F)c1. The molecule has 1 heterocycles. The summed E-state index contributed by atoms with van der Waals surface area (Å²) >= 11 is 0. The molecule has 3 rings (SSSR count). The first kappa shape index (κ1) is 16.5. The number of pyridine rings is 1. The van der Waals surface area contributed by atoms with Gasteiger partial charge in [-0.05, 0) is 48.1 Å². The summed E-state index contributed by atoms with van der Waals surface area (Å²) in [5, 5.41) is 1.83. The molecular formula is C20H18F3N. The van der Waals surface area contributed by atoms with Crippen molar-refractivity contribution in [3.8, 4) is 11.3 Å². The minimum absolute atomic E-state index is 0.521. The van der Waals surface area contributed by atoms with Gasteiger partial charge in [0.15, 0.2) is 0 Å². The molecular weight excluding hydrogens is 311 g/mol. The Morgan fingerprint density at radius 2 is 1.79 bits per heavy atom. The Bertz CT molecular complexity index is 848. The number of rotatable bonds is 4. The maximum atomic E-state index is 13.3. The minimum atomic E-state index is -4.36. The van der Waals surface area contributed by atoms with Crippen molar-refractivity contribution >= 4 is 10.8 Å². The van der Waals surface area contributed by atoms with Crippen molar-refractivity contribution < 1.29 is 13.2 Å². The summed E-state index contributed by atoms with van der Waals surface area (Å²) < 4.78 is 39.8. The molecule has 0 saturated carbocycles. The van der Waals surface area contributed by atoms with Crippen LogP contribution in [-0.4, -0.2) is 4.98 Å². The third kappa shape index (κ3) is 3.42. The predicted molar refractivity (Wildman–Crippen MR) is 90.8 cm³/mol. The summed E-state index contributed by atoms with van der Waals surface area (Å²) in [5.41, 5.74) is 1.21.